The van der Waals surface area contributed by atoms with Gasteiger partial charge in [0.1, 0.15) is 0 Å². The number of nitrogens with zero attached hydrogens (tertiary/aromatic N) is 2. The summed E-state index contributed by atoms with van der Waals surface area (Å²) in [4.78, 5) is 6.98. The van der Waals surface area contributed by atoms with Crippen LogP contribution in [0.4, 0.5) is 5.69 Å². The lowest BCUT2D eigenvalue weighted by Gasteiger charge is -2.32. The van der Waals surface area contributed by atoms with Gasteiger partial charge in [0.15, 0.2) is 0 Å². The molecule has 0 unspecified atom stereocenters. The highest BCUT2D eigenvalue weighted by Crippen LogP contribution is 2.37. The van der Waals surface area contributed by atoms with Crippen molar-refractivity contribution in [3.8, 4) is 0 Å². The van der Waals surface area contributed by atoms with Crippen molar-refractivity contribution < 1.29 is 18.8 Å². The molecule has 6 nitrogen and oxygen atoms in total. The predicted octanol–water partition coefficient (Wildman–Crippen LogP) is 1.92. The number of hydrogen-bond acceptors (Lipinski definition) is 6. The second-order valence-electron chi connectivity index (χ2n) is 7.73. The highest BCUT2D eigenvalue weighted by Gasteiger charge is 2.52. The van der Waals surface area contributed by atoms with Crippen LogP contribution in [0.2, 0.25) is 0 Å². The molecule has 0 N–H and O–H groups in total. The maximum atomic E-state index is 6.27. The lowest BCUT2D eigenvalue weighted by atomic mass is 9.76. The fraction of sp³-hybridized carbons (Fsp3) is 0.722. The van der Waals surface area contributed by atoms with E-state index in [-0.39, 0.29) is 17.3 Å². The van der Waals surface area contributed by atoms with Crippen LogP contribution >= 0.6 is 0 Å². The molecule has 0 spiro atoms. The van der Waals surface area contributed by atoms with Crippen molar-refractivity contribution in [2.24, 2.45) is 0 Å². The summed E-state index contributed by atoms with van der Waals surface area (Å²) in [6.45, 7) is 13.4. The summed E-state index contributed by atoms with van der Waals surface area (Å²) >= 11 is 0. The van der Waals surface area contributed by atoms with Gasteiger partial charge >= 0.3 is 7.12 Å². The van der Waals surface area contributed by atoms with Crippen LogP contribution in [0.15, 0.2) is 12.3 Å². The molecule has 2 aliphatic rings. The van der Waals surface area contributed by atoms with E-state index in [0.29, 0.717) is 0 Å². The molecular weight excluding hydrogens is 319 g/mol. The van der Waals surface area contributed by atoms with Gasteiger partial charge in [-0.25, -0.2) is 0 Å². The summed E-state index contributed by atoms with van der Waals surface area (Å²) in [5.74, 6) is 0. The van der Waals surface area contributed by atoms with E-state index in [0.717, 1.165) is 43.1 Å². The molecule has 0 amide bonds. The van der Waals surface area contributed by atoms with Gasteiger partial charge in [0, 0.05) is 25.7 Å². The first-order valence-corrected chi connectivity index (χ1v) is 8.96. The summed E-state index contributed by atoms with van der Waals surface area (Å²) in [7, 11) is 1.24. The largest absolute Gasteiger partial charge is 0.496 e. The number of morpholine rings is 1. The van der Waals surface area contributed by atoms with Gasteiger partial charge in [-0.2, -0.15) is 0 Å². The van der Waals surface area contributed by atoms with E-state index in [1.54, 1.807) is 7.11 Å². The minimum atomic E-state index is -0.453. The predicted molar refractivity (Wildman–Crippen MR) is 98.4 cm³/mol. The number of hydrogen-bond donors (Lipinski definition) is 0. The summed E-state index contributed by atoms with van der Waals surface area (Å²) in [5.41, 5.74) is 2.09. The van der Waals surface area contributed by atoms with Gasteiger partial charge in [0.2, 0.25) is 0 Å². The van der Waals surface area contributed by atoms with Crippen molar-refractivity contribution in [1.82, 2.24) is 4.98 Å². The van der Waals surface area contributed by atoms with Crippen molar-refractivity contribution in [3.63, 3.8) is 0 Å². The van der Waals surface area contributed by atoms with E-state index < -0.39 is 7.12 Å². The van der Waals surface area contributed by atoms with Gasteiger partial charge in [-0.05, 0) is 40.7 Å². The molecule has 0 radical (unpaired) electrons. The van der Waals surface area contributed by atoms with Crippen LogP contribution in [0.3, 0.4) is 0 Å². The van der Waals surface area contributed by atoms with E-state index in [1.807, 2.05) is 13.1 Å². The third-order valence-electron chi connectivity index (χ3n) is 5.56. The van der Waals surface area contributed by atoms with E-state index in [9.17, 15) is 0 Å². The summed E-state index contributed by atoms with van der Waals surface area (Å²) in [6.07, 6.45) is 1.78. The summed E-state index contributed by atoms with van der Waals surface area (Å²) in [5, 5.41) is 0. The first-order valence-electron chi connectivity index (χ1n) is 8.96. The van der Waals surface area contributed by atoms with E-state index >= 15 is 0 Å². The van der Waals surface area contributed by atoms with Gasteiger partial charge in [-0.3, -0.25) is 4.98 Å². The van der Waals surface area contributed by atoms with Gasteiger partial charge in [-0.15, -0.1) is 0 Å². The third kappa shape index (κ3) is 3.56. The maximum absolute atomic E-state index is 6.27. The van der Waals surface area contributed by atoms with E-state index in [2.05, 4.69) is 38.7 Å². The highest BCUT2D eigenvalue weighted by molar-refractivity contribution is 6.62. The monoisotopic (exact) mass is 348 g/mol. The zero-order valence-corrected chi connectivity index (χ0v) is 16.2. The standard InChI is InChI=1S/C18H29BN2O4/c1-13(22-6)16-15(19-24-17(2,3)18(4,5)25-19)11-14(12-20-16)21-7-9-23-10-8-21/h11-13H,7-10H2,1-6H3/t13-/m0/s1. The van der Waals surface area contributed by atoms with Crippen LogP contribution in [0.25, 0.3) is 0 Å². The van der Waals surface area contributed by atoms with Crippen molar-refractivity contribution in [1.29, 1.82) is 0 Å². The number of pyridine rings is 1. The summed E-state index contributed by atoms with van der Waals surface area (Å²) in [6, 6.07) is 2.13. The summed E-state index contributed by atoms with van der Waals surface area (Å²) < 4.78 is 23.5. The Balaban J connectivity index is 1.97. The second kappa shape index (κ2) is 6.87. The zero-order chi connectivity index (χ0) is 18.2. The van der Waals surface area contributed by atoms with Gasteiger partial charge < -0.3 is 23.7 Å². The Morgan fingerprint density at radius 3 is 2.32 bits per heavy atom. The molecule has 1 aromatic heterocycles. The Hall–Kier alpha value is -1.15. The SMILES string of the molecule is CO[C@@H](C)c1ncc(N2CCOCC2)cc1B1OC(C)(C)C(C)(C)O1. The molecule has 2 aliphatic heterocycles. The number of ether oxygens (including phenoxy) is 2. The molecule has 3 heterocycles. The van der Waals surface area contributed by atoms with Crippen molar-refractivity contribution in [3.05, 3.63) is 18.0 Å². The quantitative estimate of drug-likeness (QED) is 0.775. The topological polar surface area (TPSA) is 53.1 Å². The average molecular weight is 348 g/mol. The number of aromatic nitrogens is 1. The molecule has 7 heteroatoms. The van der Waals surface area contributed by atoms with Gasteiger partial charge in [0.05, 0.1) is 48.1 Å². The van der Waals surface area contributed by atoms with Crippen LogP contribution in [0, 0.1) is 0 Å². The number of methoxy groups -OCH3 is 1. The Morgan fingerprint density at radius 1 is 1.16 bits per heavy atom. The second-order valence-corrected chi connectivity index (χ2v) is 7.73. The van der Waals surface area contributed by atoms with Crippen molar-refractivity contribution >= 4 is 18.3 Å². The molecule has 3 rings (SSSR count). The maximum Gasteiger partial charge on any atom is 0.496 e. The highest BCUT2D eigenvalue weighted by atomic mass is 16.7. The van der Waals surface area contributed by atoms with Crippen LogP contribution in [0.1, 0.15) is 46.4 Å². The third-order valence-corrected chi connectivity index (χ3v) is 5.56. The van der Waals surface area contributed by atoms with E-state index in [4.69, 9.17) is 23.8 Å². The lowest BCUT2D eigenvalue weighted by Crippen LogP contribution is -2.41. The number of rotatable bonds is 4. The first-order chi connectivity index (χ1) is 11.7. The van der Waals surface area contributed by atoms with Crippen LogP contribution in [0.5, 0.6) is 0 Å². The fourth-order valence-electron chi connectivity index (χ4n) is 3.09. The molecule has 138 valence electrons. The molecule has 2 saturated heterocycles. The molecule has 25 heavy (non-hydrogen) atoms. The molecule has 0 aliphatic carbocycles. The lowest BCUT2D eigenvalue weighted by molar-refractivity contribution is 0.00578. The Bertz CT molecular complexity index is 601. The molecule has 2 fully saturated rings. The Kier molecular flexibility index (Phi) is 5.12. The molecule has 0 bridgehead atoms. The molecule has 1 atom stereocenters. The molecular formula is C18H29BN2O4. The smallest absolute Gasteiger partial charge is 0.399 e. The molecule has 1 aromatic rings. The van der Waals surface area contributed by atoms with Crippen molar-refractivity contribution in [2.45, 2.75) is 51.9 Å². The van der Waals surface area contributed by atoms with Crippen LogP contribution < -0.4 is 10.4 Å². The molecule has 0 aromatic carbocycles. The minimum Gasteiger partial charge on any atom is -0.399 e. The normalized spacial score (nSPS) is 23.8. The fourth-order valence-corrected chi connectivity index (χ4v) is 3.09. The van der Waals surface area contributed by atoms with Crippen LogP contribution in [-0.2, 0) is 18.8 Å². The van der Waals surface area contributed by atoms with Crippen molar-refractivity contribution in [2.75, 3.05) is 38.3 Å². The minimum absolute atomic E-state index is 0.132. The Labute approximate surface area is 150 Å². The first kappa shape index (κ1) is 18.6. The number of anilines is 1. The van der Waals surface area contributed by atoms with Crippen LogP contribution in [-0.4, -0.2) is 56.7 Å². The average Bonchev–Trinajstić information content (AvgIpc) is 2.82. The Morgan fingerprint density at radius 2 is 1.76 bits per heavy atom. The zero-order valence-electron chi connectivity index (χ0n) is 16.2. The van der Waals surface area contributed by atoms with E-state index in [1.165, 1.54) is 0 Å². The van der Waals surface area contributed by atoms with Gasteiger partial charge in [-0.1, -0.05) is 0 Å². The van der Waals surface area contributed by atoms with Gasteiger partial charge in [0.25, 0.3) is 0 Å². The molecule has 0 saturated carbocycles.